The van der Waals surface area contributed by atoms with Crippen molar-refractivity contribution in [2.24, 2.45) is 0 Å². The van der Waals surface area contributed by atoms with Crippen molar-refractivity contribution in [2.75, 3.05) is 16.2 Å². The molecule has 4 aromatic rings. The zero-order valence-corrected chi connectivity index (χ0v) is 24.2. The Labute approximate surface area is 244 Å². The first-order valence-electron chi connectivity index (χ1n) is 13.1. The molecule has 8 nitrogen and oxygen atoms in total. The minimum atomic E-state index is -4.23. The van der Waals surface area contributed by atoms with E-state index in [2.05, 4.69) is 15.6 Å². The predicted molar refractivity (Wildman–Crippen MR) is 160 cm³/mol. The van der Waals surface area contributed by atoms with Crippen molar-refractivity contribution >= 4 is 44.8 Å². The number of pyridine rings is 1. The molecule has 0 spiro atoms. The summed E-state index contributed by atoms with van der Waals surface area (Å²) < 4.78 is 29.2. The zero-order chi connectivity index (χ0) is 29.1. The Morgan fingerprint density at radius 3 is 2.46 bits per heavy atom. The summed E-state index contributed by atoms with van der Waals surface area (Å²) in [5, 5.41) is 6.04. The number of carbonyl (C=O) groups is 2. The highest BCUT2D eigenvalue weighted by Crippen LogP contribution is 2.38. The molecule has 2 heterocycles. The van der Waals surface area contributed by atoms with Crippen LogP contribution in [0.4, 0.5) is 11.4 Å². The summed E-state index contributed by atoms with van der Waals surface area (Å²) in [5.74, 6) is -1.00. The number of halogens is 1. The highest BCUT2D eigenvalue weighted by Gasteiger charge is 2.42. The second-order valence-electron chi connectivity index (χ2n) is 9.91. The Morgan fingerprint density at radius 2 is 1.73 bits per heavy atom. The lowest BCUT2D eigenvalue weighted by Gasteiger charge is -2.37. The van der Waals surface area contributed by atoms with E-state index in [9.17, 15) is 18.0 Å². The molecule has 5 rings (SSSR count). The fourth-order valence-electron chi connectivity index (χ4n) is 4.84. The minimum absolute atomic E-state index is 0.0310. The van der Waals surface area contributed by atoms with Gasteiger partial charge in [-0.3, -0.25) is 18.9 Å². The van der Waals surface area contributed by atoms with Crippen LogP contribution < -0.4 is 14.9 Å². The molecule has 0 saturated carbocycles. The molecule has 0 aliphatic carbocycles. The SMILES string of the molecule is Cc1cc(S(=O)(=O)N2c3ccccc3NC(=O)C2CC(=O)NCCc2ccc(-c3ccccn3)cc2)c(C)cc1Cl. The van der Waals surface area contributed by atoms with Crippen LogP contribution in [0.1, 0.15) is 23.1 Å². The Morgan fingerprint density at radius 1 is 1.00 bits per heavy atom. The zero-order valence-electron chi connectivity index (χ0n) is 22.6. The average Bonchev–Trinajstić information content (AvgIpc) is 2.96. The van der Waals surface area contributed by atoms with Crippen molar-refractivity contribution in [3.63, 3.8) is 0 Å². The van der Waals surface area contributed by atoms with Crippen molar-refractivity contribution in [3.05, 3.63) is 107 Å². The summed E-state index contributed by atoms with van der Waals surface area (Å²) >= 11 is 6.22. The lowest BCUT2D eigenvalue weighted by Crippen LogP contribution is -2.53. The Hall–Kier alpha value is -4.21. The summed E-state index contributed by atoms with van der Waals surface area (Å²) in [5.41, 5.74) is 4.58. The molecule has 1 aromatic heterocycles. The number of benzene rings is 3. The number of anilines is 2. The van der Waals surface area contributed by atoms with Gasteiger partial charge in [0.25, 0.3) is 10.0 Å². The van der Waals surface area contributed by atoms with E-state index in [1.165, 1.54) is 6.07 Å². The highest BCUT2D eigenvalue weighted by molar-refractivity contribution is 7.93. The molecule has 1 aliphatic heterocycles. The van der Waals surface area contributed by atoms with Crippen LogP contribution >= 0.6 is 11.6 Å². The van der Waals surface area contributed by atoms with Crippen molar-refractivity contribution in [2.45, 2.75) is 37.6 Å². The molecule has 0 fully saturated rings. The quantitative estimate of drug-likeness (QED) is 0.291. The van der Waals surface area contributed by atoms with Gasteiger partial charge in [0.05, 0.1) is 28.4 Å². The fourth-order valence-corrected chi connectivity index (χ4v) is 6.99. The number of nitrogens with zero attached hydrogens (tertiary/aromatic N) is 2. The Kier molecular flexibility index (Phi) is 8.10. The maximum Gasteiger partial charge on any atom is 0.265 e. The first-order chi connectivity index (χ1) is 19.6. The van der Waals surface area contributed by atoms with E-state index in [-0.39, 0.29) is 11.3 Å². The van der Waals surface area contributed by atoms with Gasteiger partial charge >= 0.3 is 0 Å². The normalized spacial score (nSPS) is 14.8. The van der Waals surface area contributed by atoms with Crippen LogP contribution in [-0.2, 0) is 26.0 Å². The number of hydrogen-bond donors (Lipinski definition) is 2. The van der Waals surface area contributed by atoms with Gasteiger partial charge in [-0.05, 0) is 73.4 Å². The van der Waals surface area contributed by atoms with E-state index in [0.717, 1.165) is 21.1 Å². The van der Waals surface area contributed by atoms with Gasteiger partial charge in [0, 0.05) is 23.3 Å². The van der Waals surface area contributed by atoms with E-state index >= 15 is 0 Å². The monoisotopic (exact) mass is 588 g/mol. The number of fused-ring (bicyclic) bond motifs is 1. The van der Waals surface area contributed by atoms with Crippen molar-refractivity contribution in [1.29, 1.82) is 0 Å². The van der Waals surface area contributed by atoms with Crippen LogP contribution in [0.2, 0.25) is 5.02 Å². The number of amides is 2. The maximum atomic E-state index is 14.1. The summed E-state index contributed by atoms with van der Waals surface area (Å²) in [4.78, 5) is 30.6. The van der Waals surface area contributed by atoms with E-state index in [1.807, 2.05) is 42.5 Å². The summed E-state index contributed by atoms with van der Waals surface area (Å²) in [6, 6.07) is 22.1. The second-order valence-corrected chi connectivity index (χ2v) is 12.1. The standard InChI is InChI=1S/C31H29ClN4O4S/c1-20-18-29(21(2)17-24(20)32)41(39,40)36-27-9-4-3-8-26(27)35-31(38)28(36)19-30(37)34-16-14-22-10-12-23(13-11-22)25-7-5-6-15-33-25/h3-13,15,17-18,28H,14,16,19H2,1-2H3,(H,34,37)(H,35,38). The molecule has 10 heteroatoms. The maximum absolute atomic E-state index is 14.1. The third-order valence-corrected chi connectivity index (χ3v) is 9.38. The third kappa shape index (κ3) is 5.96. The van der Waals surface area contributed by atoms with Crippen LogP contribution in [0.5, 0.6) is 0 Å². The number of aryl methyl sites for hydroxylation is 2. The van der Waals surface area contributed by atoms with Crippen molar-refractivity contribution in [1.82, 2.24) is 10.3 Å². The molecule has 1 aliphatic rings. The number of para-hydroxylation sites is 2. The lowest BCUT2D eigenvalue weighted by molar-refractivity contribution is -0.125. The lowest BCUT2D eigenvalue weighted by atomic mass is 10.1. The van der Waals surface area contributed by atoms with Gasteiger partial charge in [0.15, 0.2) is 0 Å². The predicted octanol–water partition coefficient (Wildman–Crippen LogP) is 5.28. The Balaban J connectivity index is 1.33. The topological polar surface area (TPSA) is 108 Å². The summed E-state index contributed by atoms with van der Waals surface area (Å²) in [6.45, 7) is 3.70. The smallest absolute Gasteiger partial charge is 0.265 e. The average molecular weight is 589 g/mol. The summed E-state index contributed by atoms with van der Waals surface area (Å²) in [6.07, 6.45) is 1.97. The first-order valence-corrected chi connectivity index (χ1v) is 14.9. The molecule has 1 unspecified atom stereocenters. The van der Waals surface area contributed by atoms with Crippen molar-refractivity contribution < 1.29 is 18.0 Å². The number of rotatable bonds is 8. The van der Waals surface area contributed by atoms with E-state index in [1.54, 1.807) is 50.4 Å². The molecule has 0 bridgehead atoms. The minimum Gasteiger partial charge on any atom is -0.356 e. The molecule has 2 N–H and O–H groups in total. The first kappa shape index (κ1) is 28.3. The van der Waals surface area contributed by atoms with Gasteiger partial charge in [0.1, 0.15) is 6.04 Å². The van der Waals surface area contributed by atoms with Crippen LogP contribution in [0.25, 0.3) is 11.3 Å². The molecular formula is C31H29ClN4O4S. The highest BCUT2D eigenvalue weighted by atomic mass is 35.5. The summed E-state index contributed by atoms with van der Waals surface area (Å²) in [7, 11) is -4.23. The Bertz CT molecular complexity index is 1710. The van der Waals surface area contributed by atoms with Gasteiger partial charge < -0.3 is 10.6 Å². The number of aromatic nitrogens is 1. The molecule has 41 heavy (non-hydrogen) atoms. The molecule has 1 atom stereocenters. The van der Waals surface area contributed by atoms with Gasteiger partial charge in [-0.2, -0.15) is 0 Å². The molecule has 3 aromatic carbocycles. The van der Waals surface area contributed by atoms with Gasteiger partial charge in [-0.25, -0.2) is 8.42 Å². The van der Waals surface area contributed by atoms with Crippen molar-refractivity contribution in [3.8, 4) is 11.3 Å². The molecule has 0 saturated heterocycles. The van der Waals surface area contributed by atoms with Crippen LogP contribution in [0.3, 0.4) is 0 Å². The van der Waals surface area contributed by atoms with Gasteiger partial charge in [-0.15, -0.1) is 0 Å². The molecule has 2 amide bonds. The third-order valence-electron chi connectivity index (χ3n) is 7.01. The number of carbonyl (C=O) groups excluding carboxylic acids is 2. The van der Waals surface area contributed by atoms with Crippen LogP contribution in [0.15, 0.2) is 90.0 Å². The van der Waals surface area contributed by atoms with Gasteiger partial charge in [-0.1, -0.05) is 54.1 Å². The van der Waals surface area contributed by atoms with E-state index in [0.29, 0.717) is 40.5 Å². The van der Waals surface area contributed by atoms with Crippen LogP contribution in [0, 0.1) is 13.8 Å². The number of nitrogens with one attached hydrogen (secondary N) is 2. The molecule has 210 valence electrons. The fraction of sp³-hybridized carbons (Fsp3) is 0.194. The van der Waals surface area contributed by atoms with Gasteiger partial charge in [0.2, 0.25) is 11.8 Å². The largest absolute Gasteiger partial charge is 0.356 e. The second kappa shape index (κ2) is 11.7. The number of sulfonamides is 1. The van der Waals surface area contributed by atoms with E-state index < -0.39 is 27.9 Å². The molecule has 0 radical (unpaired) electrons. The number of hydrogen-bond acceptors (Lipinski definition) is 5. The van der Waals surface area contributed by atoms with E-state index in [4.69, 9.17) is 11.6 Å². The molecular weight excluding hydrogens is 560 g/mol. The van der Waals surface area contributed by atoms with Crippen LogP contribution in [-0.4, -0.2) is 37.8 Å².